The molecule has 2 heterocycles. The fourth-order valence-corrected chi connectivity index (χ4v) is 3.32. The van der Waals surface area contributed by atoms with Crippen LogP contribution in [0.1, 0.15) is 25.3 Å². The molecule has 0 unspecified atom stereocenters. The van der Waals surface area contributed by atoms with Crippen LogP contribution in [0, 0.1) is 11.3 Å². The Morgan fingerprint density at radius 3 is 2.68 bits per heavy atom. The van der Waals surface area contributed by atoms with Crippen LogP contribution in [0.2, 0.25) is 0 Å². The first-order valence-corrected chi connectivity index (χ1v) is 7.93. The normalized spacial score (nSPS) is 11.0. The molecule has 5 heteroatoms. The molecule has 0 saturated carbocycles. The van der Waals surface area contributed by atoms with Crippen LogP contribution in [0.25, 0.3) is 21.3 Å². The van der Waals surface area contributed by atoms with E-state index in [4.69, 9.17) is 5.26 Å². The molecule has 0 bridgehead atoms. The second-order valence-corrected chi connectivity index (χ2v) is 6.30. The molecule has 0 spiro atoms. The first-order chi connectivity index (χ1) is 10.6. The summed E-state index contributed by atoms with van der Waals surface area (Å²) in [6.07, 6.45) is 1.44. The summed E-state index contributed by atoms with van der Waals surface area (Å²) in [5.74, 6) is 0.475. The zero-order valence-electron chi connectivity index (χ0n) is 12.4. The van der Waals surface area contributed by atoms with Gasteiger partial charge in [0.15, 0.2) is 0 Å². The Morgan fingerprint density at radius 1 is 1.32 bits per heavy atom. The zero-order chi connectivity index (χ0) is 15.7. The number of thiophene rings is 1. The minimum atomic E-state index is -0.157. The molecule has 3 rings (SSSR count). The molecule has 0 aliphatic rings. The molecule has 0 radical (unpaired) electrons. The third-order valence-electron chi connectivity index (χ3n) is 3.69. The SMILES string of the molecule is CC(C)c1ccc(-c2csc3ncn(CC#N)c(=O)c23)cc1. The smallest absolute Gasteiger partial charge is 0.263 e. The minimum Gasteiger partial charge on any atom is -0.285 e. The Kier molecular flexibility index (Phi) is 3.78. The molecule has 0 atom stereocenters. The summed E-state index contributed by atoms with van der Waals surface area (Å²) in [5.41, 5.74) is 3.00. The maximum Gasteiger partial charge on any atom is 0.263 e. The van der Waals surface area contributed by atoms with Crippen molar-refractivity contribution in [1.82, 2.24) is 9.55 Å². The van der Waals surface area contributed by atoms with E-state index in [1.807, 2.05) is 23.6 Å². The van der Waals surface area contributed by atoms with Gasteiger partial charge < -0.3 is 0 Å². The average Bonchev–Trinajstić information content (AvgIpc) is 2.95. The van der Waals surface area contributed by atoms with Gasteiger partial charge in [-0.2, -0.15) is 5.26 Å². The average molecular weight is 309 g/mol. The van der Waals surface area contributed by atoms with Gasteiger partial charge in [0, 0.05) is 10.9 Å². The summed E-state index contributed by atoms with van der Waals surface area (Å²) in [7, 11) is 0. The van der Waals surface area contributed by atoms with Crippen molar-refractivity contribution in [3.63, 3.8) is 0 Å². The van der Waals surface area contributed by atoms with Crippen LogP contribution in [-0.2, 0) is 6.54 Å². The van der Waals surface area contributed by atoms with Gasteiger partial charge in [0.25, 0.3) is 5.56 Å². The molecular weight excluding hydrogens is 294 g/mol. The molecule has 22 heavy (non-hydrogen) atoms. The highest BCUT2D eigenvalue weighted by molar-refractivity contribution is 7.17. The van der Waals surface area contributed by atoms with Gasteiger partial charge in [-0.25, -0.2) is 4.98 Å². The van der Waals surface area contributed by atoms with Crippen molar-refractivity contribution < 1.29 is 0 Å². The number of fused-ring (bicyclic) bond motifs is 1. The largest absolute Gasteiger partial charge is 0.285 e. The predicted octanol–water partition coefficient (Wildman–Crippen LogP) is 3.77. The Bertz CT molecular complexity index is 914. The lowest BCUT2D eigenvalue weighted by Gasteiger charge is -2.06. The van der Waals surface area contributed by atoms with E-state index in [0.717, 1.165) is 11.1 Å². The summed E-state index contributed by atoms with van der Waals surface area (Å²) in [6.45, 7) is 4.32. The van der Waals surface area contributed by atoms with E-state index in [-0.39, 0.29) is 12.1 Å². The minimum absolute atomic E-state index is 0.0172. The molecule has 1 aromatic carbocycles. The number of hydrogen-bond acceptors (Lipinski definition) is 4. The lowest BCUT2D eigenvalue weighted by molar-refractivity contribution is 0.777. The van der Waals surface area contributed by atoms with E-state index < -0.39 is 0 Å². The second-order valence-electron chi connectivity index (χ2n) is 5.44. The van der Waals surface area contributed by atoms with E-state index in [0.29, 0.717) is 16.1 Å². The van der Waals surface area contributed by atoms with Gasteiger partial charge in [-0.15, -0.1) is 11.3 Å². The van der Waals surface area contributed by atoms with Crippen molar-refractivity contribution >= 4 is 21.6 Å². The molecule has 0 N–H and O–H groups in total. The number of rotatable bonds is 3. The standard InChI is InChI=1S/C17H15N3OS/c1-11(2)12-3-5-13(6-4-12)14-9-22-16-15(14)17(21)20(8-7-18)10-19-16/h3-6,9-11H,8H2,1-2H3. The summed E-state index contributed by atoms with van der Waals surface area (Å²) in [6, 6.07) is 10.2. The zero-order valence-corrected chi connectivity index (χ0v) is 13.2. The quantitative estimate of drug-likeness (QED) is 0.740. The Morgan fingerprint density at radius 2 is 2.05 bits per heavy atom. The number of hydrogen-bond donors (Lipinski definition) is 0. The topological polar surface area (TPSA) is 58.7 Å². The fraction of sp³-hybridized carbons (Fsp3) is 0.235. The van der Waals surface area contributed by atoms with Crippen molar-refractivity contribution in [2.75, 3.05) is 0 Å². The van der Waals surface area contributed by atoms with Crippen LogP contribution in [-0.4, -0.2) is 9.55 Å². The van der Waals surface area contributed by atoms with E-state index >= 15 is 0 Å². The van der Waals surface area contributed by atoms with E-state index in [1.54, 1.807) is 0 Å². The number of benzene rings is 1. The van der Waals surface area contributed by atoms with Gasteiger partial charge >= 0.3 is 0 Å². The van der Waals surface area contributed by atoms with Gasteiger partial charge in [0.2, 0.25) is 0 Å². The molecule has 2 aromatic heterocycles. The lowest BCUT2D eigenvalue weighted by atomic mass is 9.99. The molecule has 4 nitrogen and oxygen atoms in total. The van der Waals surface area contributed by atoms with Crippen LogP contribution in [0.4, 0.5) is 0 Å². The monoisotopic (exact) mass is 309 g/mol. The predicted molar refractivity (Wildman–Crippen MR) is 89.0 cm³/mol. The van der Waals surface area contributed by atoms with Crippen LogP contribution in [0.5, 0.6) is 0 Å². The van der Waals surface area contributed by atoms with Crippen LogP contribution >= 0.6 is 11.3 Å². The Balaban J connectivity index is 2.17. The van der Waals surface area contributed by atoms with Gasteiger partial charge in [0.1, 0.15) is 17.7 Å². The van der Waals surface area contributed by atoms with E-state index in [9.17, 15) is 4.79 Å². The number of nitriles is 1. The van der Waals surface area contributed by atoms with Crippen molar-refractivity contribution in [2.45, 2.75) is 26.3 Å². The first-order valence-electron chi connectivity index (χ1n) is 7.05. The molecular formula is C17H15N3OS. The van der Waals surface area contributed by atoms with Crippen LogP contribution in [0.3, 0.4) is 0 Å². The van der Waals surface area contributed by atoms with Crippen molar-refractivity contribution in [3.05, 3.63) is 51.9 Å². The third-order valence-corrected chi connectivity index (χ3v) is 4.58. The summed E-state index contributed by atoms with van der Waals surface area (Å²) in [4.78, 5) is 17.5. The highest BCUT2D eigenvalue weighted by atomic mass is 32.1. The van der Waals surface area contributed by atoms with E-state index in [2.05, 4.69) is 31.0 Å². The molecule has 110 valence electrons. The van der Waals surface area contributed by atoms with Gasteiger partial charge in [0.05, 0.1) is 11.5 Å². The molecule has 0 fully saturated rings. The van der Waals surface area contributed by atoms with Crippen molar-refractivity contribution in [1.29, 1.82) is 5.26 Å². The molecule has 0 saturated heterocycles. The lowest BCUT2D eigenvalue weighted by Crippen LogP contribution is -2.19. The Labute approximate surface area is 132 Å². The van der Waals surface area contributed by atoms with Crippen LogP contribution < -0.4 is 5.56 Å². The second kappa shape index (κ2) is 5.74. The molecule has 0 aliphatic carbocycles. The molecule has 3 aromatic rings. The highest BCUT2D eigenvalue weighted by Crippen LogP contribution is 2.31. The fourth-order valence-electron chi connectivity index (χ4n) is 2.42. The van der Waals surface area contributed by atoms with Crippen molar-refractivity contribution in [2.24, 2.45) is 0 Å². The molecule has 0 aliphatic heterocycles. The van der Waals surface area contributed by atoms with Crippen molar-refractivity contribution in [3.8, 4) is 17.2 Å². The molecule has 0 amide bonds. The van der Waals surface area contributed by atoms with Gasteiger partial charge in [-0.3, -0.25) is 9.36 Å². The van der Waals surface area contributed by atoms with Gasteiger partial charge in [-0.05, 0) is 17.0 Å². The number of aromatic nitrogens is 2. The number of nitrogens with zero attached hydrogens (tertiary/aromatic N) is 3. The highest BCUT2D eigenvalue weighted by Gasteiger charge is 2.13. The maximum absolute atomic E-state index is 12.5. The van der Waals surface area contributed by atoms with Crippen LogP contribution in [0.15, 0.2) is 40.8 Å². The summed E-state index contributed by atoms with van der Waals surface area (Å²) < 4.78 is 1.35. The first kappa shape index (κ1) is 14.5. The summed E-state index contributed by atoms with van der Waals surface area (Å²) >= 11 is 1.45. The van der Waals surface area contributed by atoms with Gasteiger partial charge in [-0.1, -0.05) is 38.1 Å². The summed E-state index contributed by atoms with van der Waals surface area (Å²) in [5, 5.41) is 11.4. The Hall–Kier alpha value is -2.45. The third kappa shape index (κ3) is 2.42. The van der Waals surface area contributed by atoms with E-state index in [1.165, 1.54) is 27.8 Å². The maximum atomic E-state index is 12.5.